The molecule has 1 aliphatic heterocycles. The first kappa shape index (κ1) is 11.6. The third kappa shape index (κ3) is 2.10. The van der Waals surface area contributed by atoms with Crippen molar-refractivity contribution in [3.63, 3.8) is 0 Å². The highest BCUT2D eigenvalue weighted by molar-refractivity contribution is 9.10. The molecule has 1 aliphatic rings. The molecule has 0 bridgehead atoms. The van der Waals surface area contributed by atoms with Crippen molar-refractivity contribution in [1.29, 1.82) is 0 Å². The third-order valence-corrected chi connectivity index (χ3v) is 3.59. The van der Waals surface area contributed by atoms with Gasteiger partial charge in [0.1, 0.15) is 11.9 Å². The minimum absolute atomic E-state index is 0.198. The van der Waals surface area contributed by atoms with E-state index in [1.54, 1.807) is 0 Å². The Morgan fingerprint density at radius 1 is 1.11 bits per heavy atom. The van der Waals surface area contributed by atoms with E-state index in [0.717, 1.165) is 22.5 Å². The van der Waals surface area contributed by atoms with E-state index >= 15 is 0 Å². The van der Waals surface area contributed by atoms with Crippen LogP contribution in [0.3, 0.4) is 0 Å². The fourth-order valence-corrected chi connectivity index (χ4v) is 2.52. The molecule has 3 rings (SSSR count). The molecule has 0 amide bonds. The van der Waals surface area contributed by atoms with Crippen molar-refractivity contribution in [2.45, 2.75) is 13.0 Å². The van der Waals surface area contributed by atoms with Crippen LogP contribution in [0.5, 0.6) is 5.75 Å². The molecule has 0 fully saturated rings. The fourth-order valence-electron chi connectivity index (χ4n) is 2.25. The molecule has 2 aromatic rings. The van der Waals surface area contributed by atoms with Gasteiger partial charge < -0.3 is 9.64 Å². The summed E-state index contributed by atoms with van der Waals surface area (Å²) in [6, 6.07) is 16.6. The number of ether oxygens (including phenoxy) is 1. The van der Waals surface area contributed by atoms with Crippen LogP contribution in [-0.2, 0) is 0 Å². The van der Waals surface area contributed by atoms with Crippen molar-refractivity contribution >= 4 is 27.3 Å². The van der Waals surface area contributed by atoms with Gasteiger partial charge in [0.25, 0.3) is 0 Å². The van der Waals surface area contributed by atoms with E-state index in [1.165, 1.54) is 5.69 Å². The van der Waals surface area contributed by atoms with Crippen LogP contribution >= 0.6 is 15.9 Å². The lowest BCUT2D eigenvalue weighted by molar-refractivity contribution is 0.218. The molecule has 0 spiro atoms. The molecular weight excluding hydrogens is 290 g/mol. The number of para-hydroxylation sites is 2. The van der Waals surface area contributed by atoms with Crippen LogP contribution < -0.4 is 9.64 Å². The first-order chi connectivity index (χ1) is 8.74. The second-order valence-electron chi connectivity index (χ2n) is 4.48. The Kier molecular flexibility index (Phi) is 3.00. The summed E-state index contributed by atoms with van der Waals surface area (Å²) in [4.78, 5) is 2.30. The van der Waals surface area contributed by atoms with Gasteiger partial charge in [-0.25, -0.2) is 0 Å². The number of halogens is 1. The molecule has 18 heavy (non-hydrogen) atoms. The summed E-state index contributed by atoms with van der Waals surface area (Å²) in [5, 5.41) is 0. The van der Waals surface area contributed by atoms with Gasteiger partial charge in [-0.3, -0.25) is 0 Å². The Hall–Kier alpha value is -1.48. The van der Waals surface area contributed by atoms with Crippen molar-refractivity contribution in [3.8, 4) is 5.75 Å². The number of fused-ring (bicyclic) bond motifs is 1. The Balaban J connectivity index is 2.04. The monoisotopic (exact) mass is 303 g/mol. The minimum atomic E-state index is 0.198. The summed E-state index contributed by atoms with van der Waals surface area (Å²) in [5.74, 6) is 0.958. The number of hydrogen-bond donors (Lipinski definition) is 0. The molecule has 0 N–H and O–H groups in total. The first-order valence-corrected chi connectivity index (χ1v) is 6.82. The normalized spacial score (nSPS) is 18.1. The van der Waals surface area contributed by atoms with Crippen LogP contribution in [0, 0.1) is 0 Å². The Morgan fingerprint density at radius 2 is 1.83 bits per heavy atom. The number of hydrogen-bond acceptors (Lipinski definition) is 2. The molecule has 1 unspecified atom stereocenters. The minimum Gasteiger partial charge on any atom is -0.487 e. The van der Waals surface area contributed by atoms with Gasteiger partial charge in [-0.05, 0) is 43.3 Å². The SMILES string of the molecule is CC1CN(c2ccc(Br)cc2)c2ccccc2O1. The van der Waals surface area contributed by atoms with Crippen LogP contribution in [-0.4, -0.2) is 12.6 Å². The highest BCUT2D eigenvalue weighted by atomic mass is 79.9. The number of rotatable bonds is 1. The summed E-state index contributed by atoms with van der Waals surface area (Å²) in [6.07, 6.45) is 0.198. The van der Waals surface area contributed by atoms with Crippen molar-refractivity contribution in [2.24, 2.45) is 0 Å². The van der Waals surface area contributed by atoms with Crippen molar-refractivity contribution in [2.75, 3.05) is 11.4 Å². The number of nitrogens with zero attached hydrogens (tertiary/aromatic N) is 1. The molecule has 1 atom stereocenters. The van der Waals surface area contributed by atoms with E-state index in [2.05, 4.69) is 58.1 Å². The molecular formula is C15H14BrNO. The average molecular weight is 304 g/mol. The first-order valence-electron chi connectivity index (χ1n) is 6.03. The predicted octanol–water partition coefficient (Wildman–Crippen LogP) is 4.37. The summed E-state index contributed by atoms with van der Waals surface area (Å²) in [7, 11) is 0. The van der Waals surface area contributed by atoms with E-state index in [9.17, 15) is 0 Å². The molecule has 92 valence electrons. The molecule has 0 aliphatic carbocycles. The quantitative estimate of drug-likeness (QED) is 0.776. The number of benzene rings is 2. The molecule has 0 saturated carbocycles. The maximum Gasteiger partial charge on any atom is 0.143 e. The van der Waals surface area contributed by atoms with Crippen molar-refractivity contribution in [1.82, 2.24) is 0 Å². The largest absolute Gasteiger partial charge is 0.487 e. The van der Waals surface area contributed by atoms with E-state index in [4.69, 9.17) is 4.74 Å². The van der Waals surface area contributed by atoms with E-state index in [1.807, 2.05) is 18.2 Å². The summed E-state index contributed by atoms with van der Waals surface area (Å²) >= 11 is 3.47. The second-order valence-corrected chi connectivity index (χ2v) is 5.40. The second kappa shape index (κ2) is 4.65. The average Bonchev–Trinajstić information content (AvgIpc) is 2.38. The van der Waals surface area contributed by atoms with E-state index < -0.39 is 0 Å². The molecule has 2 nitrogen and oxygen atoms in total. The Bertz CT molecular complexity index is 553. The van der Waals surface area contributed by atoms with E-state index in [-0.39, 0.29) is 6.10 Å². The fraction of sp³-hybridized carbons (Fsp3) is 0.200. The third-order valence-electron chi connectivity index (χ3n) is 3.06. The number of anilines is 2. The lowest BCUT2D eigenvalue weighted by Gasteiger charge is -2.35. The van der Waals surface area contributed by atoms with Crippen LogP contribution in [0.25, 0.3) is 0 Å². The topological polar surface area (TPSA) is 12.5 Å². The zero-order valence-corrected chi connectivity index (χ0v) is 11.7. The van der Waals surface area contributed by atoms with E-state index in [0.29, 0.717) is 0 Å². The molecule has 1 heterocycles. The van der Waals surface area contributed by atoms with Gasteiger partial charge in [-0.15, -0.1) is 0 Å². The van der Waals surface area contributed by atoms with Gasteiger partial charge in [0.05, 0.1) is 12.2 Å². The van der Waals surface area contributed by atoms with Gasteiger partial charge in [0, 0.05) is 10.2 Å². The van der Waals surface area contributed by atoms with Crippen molar-refractivity contribution < 1.29 is 4.74 Å². The molecule has 3 heteroatoms. The van der Waals surface area contributed by atoms with Gasteiger partial charge in [-0.2, -0.15) is 0 Å². The van der Waals surface area contributed by atoms with Crippen LogP contribution in [0.15, 0.2) is 53.0 Å². The maximum absolute atomic E-state index is 5.86. The smallest absolute Gasteiger partial charge is 0.143 e. The zero-order chi connectivity index (χ0) is 12.5. The lowest BCUT2D eigenvalue weighted by Crippen LogP contribution is -2.35. The van der Waals surface area contributed by atoms with Crippen LogP contribution in [0.1, 0.15) is 6.92 Å². The highest BCUT2D eigenvalue weighted by Crippen LogP contribution is 2.37. The maximum atomic E-state index is 5.86. The molecule has 0 saturated heterocycles. The zero-order valence-electron chi connectivity index (χ0n) is 10.1. The summed E-state index contributed by atoms with van der Waals surface area (Å²) in [5.41, 5.74) is 2.33. The Morgan fingerprint density at radius 3 is 2.61 bits per heavy atom. The molecule has 0 radical (unpaired) electrons. The summed E-state index contributed by atoms with van der Waals surface area (Å²) < 4.78 is 6.95. The highest BCUT2D eigenvalue weighted by Gasteiger charge is 2.23. The molecule has 2 aromatic carbocycles. The molecule has 0 aromatic heterocycles. The van der Waals surface area contributed by atoms with Crippen LogP contribution in [0.2, 0.25) is 0 Å². The van der Waals surface area contributed by atoms with Crippen molar-refractivity contribution in [3.05, 3.63) is 53.0 Å². The van der Waals surface area contributed by atoms with Gasteiger partial charge in [0.2, 0.25) is 0 Å². The van der Waals surface area contributed by atoms with Gasteiger partial charge >= 0.3 is 0 Å². The van der Waals surface area contributed by atoms with Gasteiger partial charge in [-0.1, -0.05) is 28.1 Å². The predicted molar refractivity (Wildman–Crippen MR) is 77.7 cm³/mol. The standard InChI is InChI=1S/C15H14BrNO/c1-11-10-17(13-8-6-12(16)7-9-13)14-4-2-3-5-15(14)18-11/h2-9,11H,10H2,1H3. The Labute approximate surface area is 115 Å². The van der Waals surface area contributed by atoms with Crippen LogP contribution in [0.4, 0.5) is 11.4 Å². The van der Waals surface area contributed by atoms with Gasteiger partial charge in [0.15, 0.2) is 0 Å². The summed E-state index contributed by atoms with van der Waals surface area (Å²) in [6.45, 7) is 2.97. The lowest BCUT2D eigenvalue weighted by atomic mass is 10.1.